The lowest BCUT2D eigenvalue weighted by atomic mass is 10.1. The molecular formula is C20H23FN4O2. The third-order valence-corrected chi connectivity index (χ3v) is 4.32. The van der Waals surface area contributed by atoms with Gasteiger partial charge in [-0.1, -0.05) is 18.2 Å². The van der Waals surface area contributed by atoms with Gasteiger partial charge in [0, 0.05) is 18.8 Å². The summed E-state index contributed by atoms with van der Waals surface area (Å²) < 4.78 is 21.0. The van der Waals surface area contributed by atoms with Crippen LogP contribution in [0.25, 0.3) is 11.0 Å². The van der Waals surface area contributed by atoms with Gasteiger partial charge in [-0.3, -0.25) is 4.79 Å². The van der Waals surface area contributed by atoms with E-state index in [4.69, 9.17) is 4.74 Å². The molecule has 0 spiro atoms. The van der Waals surface area contributed by atoms with Gasteiger partial charge in [0.1, 0.15) is 5.82 Å². The molecule has 1 aromatic carbocycles. The Hall–Kier alpha value is -2.96. The molecule has 3 aromatic rings. The third-order valence-electron chi connectivity index (χ3n) is 4.32. The minimum atomic E-state index is -0.282. The summed E-state index contributed by atoms with van der Waals surface area (Å²) in [5.74, 6) is -0.169. The normalized spacial score (nSPS) is 12.2. The summed E-state index contributed by atoms with van der Waals surface area (Å²) in [6.07, 6.45) is 0.410. The van der Waals surface area contributed by atoms with Crippen molar-refractivity contribution in [1.82, 2.24) is 20.1 Å². The number of carbonyl (C=O) groups excluding carboxylic acids is 1. The van der Waals surface area contributed by atoms with Gasteiger partial charge in [0.2, 0.25) is 5.88 Å². The van der Waals surface area contributed by atoms with Crippen molar-refractivity contribution in [2.45, 2.75) is 33.2 Å². The van der Waals surface area contributed by atoms with E-state index in [2.05, 4.69) is 15.4 Å². The molecule has 0 radical (unpaired) electrons. The lowest BCUT2D eigenvalue weighted by Gasteiger charge is -2.14. The van der Waals surface area contributed by atoms with E-state index >= 15 is 0 Å². The van der Waals surface area contributed by atoms with Crippen molar-refractivity contribution >= 4 is 16.9 Å². The molecule has 0 aliphatic rings. The highest BCUT2D eigenvalue weighted by atomic mass is 19.1. The molecular weight excluding hydrogens is 347 g/mol. The van der Waals surface area contributed by atoms with Crippen molar-refractivity contribution in [3.63, 3.8) is 0 Å². The van der Waals surface area contributed by atoms with Gasteiger partial charge in [-0.25, -0.2) is 14.1 Å². The van der Waals surface area contributed by atoms with Crippen molar-refractivity contribution in [3.05, 3.63) is 53.0 Å². The van der Waals surface area contributed by atoms with Crippen molar-refractivity contribution in [3.8, 4) is 5.88 Å². The van der Waals surface area contributed by atoms with E-state index in [1.165, 1.54) is 6.07 Å². The average Bonchev–Trinajstić information content (AvgIpc) is 2.91. The number of carbonyl (C=O) groups is 1. The minimum Gasteiger partial charge on any atom is -0.466 e. The summed E-state index contributed by atoms with van der Waals surface area (Å²) in [5, 5.41) is 7.95. The zero-order valence-electron chi connectivity index (χ0n) is 15.9. The maximum Gasteiger partial charge on any atom is 0.258 e. The van der Waals surface area contributed by atoms with Crippen LogP contribution in [0.1, 0.15) is 23.7 Å². The minimum absolute atomic E-state index is 0.166. The molecule has 0 fully saturated rings. The van der Waals surface area contributed by atoms with Crippen LogP contribution < -0.4 is 10.1 Å². The molecule has 27 heavy (non-hydrogen) atoms. The zero-order valence-corrected chi connectivity index (χ0v) is 15.9. The van der Waals surface area contributed by atoms with Gasteiger partial charge in [-0.15, -0.1) is 5.10 Å². The van der Waals surface area contributed by atoms with Crippen LogP contribution in [0.2, 0.25) is 0 Å². The second kappa shape index (κ2) is 7.73. The standard InChI is InChI=1S/C20H23FN4O2/c1-12-9-13(2)23-19-18(12)20(24-25(19)4)27-11-17(26)22-14(3)10-15-7-5-6-8-16(15)21/h5-9,14H,10-11H2,1-4H3,(H,22,26). The first kappa shape index (κ1) is 18.8. The predicted molar refractivity (Wildman–Crippen MR) is 101 cm³/mol. The van der Waals surface area contributed by atoms with Crippen LogP contribution in [-0.2, 0) is 18.3 Å². The van der Waals surface area contributed by atoms with Crippen LogP contribution in [0.5, 0.6) is 5.88 Å². The van der Waals surface area contributed by atoms with E-state index in [-0.39, 0.29) is 24.4 Å². The smallest absolute Gasteiger partial charge is 0.258 e. The number of pyridine rings is 1. The first-order valence-electron chi connectivity index (χ1n) is 8.81. The summed E-state index contributed by atoms with van der Waals surface area (Å²) in [5.41, 5.74) is 3.18. The molecule has 7 heteroatoms. The first-order valence-corrected chi connectivity index (χ1v) is 8.81. The van der Waals surface area contributed by atoms with Gasteiger partial charge in [-0.05, 0) is 50.5 Å². The third kappa shape index (κ3) is 4.24. The van der Waals surface area contributed by atoms with Crippen molar-refractivity contribution in [2.75, 3.05) is 6.61 Å². The number of halogens is 1. The number of benzene rings is 1. The molecule has 0 aliphatic heterocycles. The number of hydrogen-bond acceptors (Lipinski definition) is 4. The summed E-state index contributed by atoms with van der Waals surface area (Å²) in [6, 6.07) is 8.28. The lowest BCUT2D eigenvalue weighted by Crippen LogP contribution is -2.37. The summed E-state index contributed by atoms with van der Waals surface area (Å²) in [4.78, 5) is 16.7. The highest BCUT2D eigenvalue weighted by Gasteiger charge is 2.16. The van der Waals surface area contributed by atoms with Gasteiger partial charge in [0.25, 0.3) is 5.91 Å². The highest BCUT2D eigenvalue weighted by molar-refractivity contribution is 5.85. The van der Waals surface area contributed by atoms with Gasteiger partial charge in [-0.2, -0.15) is 0 Å². The average molecular weight is 370 g/mol. The Balaban J connectivity index is 1.63. The highest BCUT2D eigenvalue weighted by Crippen LogP contribution is 2.26. The summed E-state index contributed by atoms with van der Waals surface area (Å²) in [7, 11) is 1.79. The number of rotatable bonds is 6. The fourth-order valence-corrected chi connectivity index (χ4v) is 3.15. The lowest BCUT2D eigenvalue weighted by molar-refractivity contribution is -0.123. The molecule has 1 unspecified atom stereocenters. The Morgan fingerprint density at radius 3 is 2.81 bits per heavy atom. The van der Waals surface area contributed by atoms with Gasteiger partial charge >= 0.3 is 0 Å². The fraction of sp³-hybridized carbons (Fsp3) is 0.350. The molecule has 6 nitrogen and oxygen atoms in total. The number of ether oxygens (including phenoxy) is 1. The van der Waals surface area contributed by atoms with E-state index < -0.39 is 0 Å². The van der Waals surface area contributed by atoms with Gasteiger partial charge < -0.3 is 10.1 Å². The topological polar surface area (TPSA) is 69.0 Å². The Morgan fingerprint density at radius 2 is 2.07 bits per heavy atom. The quantitative estimate of drug-likeness (QED) is 0.724. The molecule has 2 heterocycles. The van der Waals surface area contributed by atoms with Crippen LogP contribution in [0, 0.1) is 19.7 Å². The maximum absolute atomic E-state index is 13.7. The Labute approximate surface area is 157 Å². The molecule has 1 amide bonds. The number of fused-ring (bicyclic) bond motifs is 1. The van der Waals surface area contributed by atoms with Crippen LogP contribution >= 0.6 is 0 Å². The number of amides is 1. The molecule has 1 N–H and O–H groups in total. The van der Waals surface area contributed by atoms with Crippen LogP contribution in [0.3, 0.4) is 0 Å². The summed E-state index contributed by atoms with van der Waals surface area (Å²) >= 11 is 0. The number of nitrogens with one attached hydrogen (secondary N) is 1. The van der Waals surface area contributed by atoms with Crippen LogP contribution in [0.15, 0.2) is 30.3 Å². The summed E-state index contributed by atoms with van der Waals surface area (Å²) in [6.45, 7) is 5.55. The Bertz CT molecular complexity index is 984. The molecule has 0 saturated heterocycles. The monoisotopic (exact) mass is 370 g/mol. The first-order chi connectivity index (χ1) is 12.8. The number of nitrogens with zero attached hydrogens (tertiary/aromatic N) is 3. The van der Waals surface area contributed by atoms with Gasteiger partial charge in [0.05, 0.1) is 5.39 Å². The van der Waals surface area contributed by atoms with Gasteiger partial charge in [0.15, 0.2) is 12.3 Å². The predicted octanol–water partition coefficient (Wildman–Crippen LogP) is 2.85. The fourth-order valence-electron chi connectivity index (χ4n) is 3.15. The number of aromatic nitrogens is 3. The van der Waals surface area contributed by atoms with E-state index in [1.54, 1.807) is 29.9 Å². The molecule has 142 valence electrons. The number of hydrogen-bond donors (Lipinski definition) is 1. The Morgan fingerprint density at radius 1 is 1.33 bits per heavy atom. The second-order valence-corrected chi connectivity index (χ2v) is 6.76. The molecule has 0 aliphatic carbocycles. The SMILES string of the molecule is Cc1cc(C)c2c(OCC(=O)NC(C)Cc3ccccc3F)nn(C)c2n1. The molecule has 0 saturated carbocycles. The zero-order chi connectivity index (χ0) is 19.6. The molecule has 0 bridgehead atoms. The van der Waals surface area contributed by atoms with E-state index in [0.717, 1.165) is 22.3 Å². The van der Waals surface area contributed by atoms with E-state index in [9.17, 15) is 9.18 Å². The second-order valence-electron chi connectivity index (χ2n) is 6.76. The van der Waals surface area contributed by atoms with Crippen LogP contribution in [-0.4, -0.2) is 33.3 Å². The van der Waals surface area contributed by atoms with Crippen molar-refractivity contribution < 1.29 is 13.9 Å². The largest absolute Gasteiger partial charge is 0.466 e. The van der Waals surface area contributed by atoms with E-state index in [0.29, 0.717) is 17.9 Å². The Kier molecular flexibility index (Phi) is 5.39. The van der Waals surface area contributed by atoms with E-state index in [1.807, 2.05) is 26.8 Å². The van der Waals surface area contributed by atoms with Crippen LogP contribution in [0.4, 0.5) is 4.39 Å². The number of aryl methyl sites for hydroxylation is 3. The molecule has 3 rings (SSSR count). The maximum atomic E-state index is 13.7. The van der Waals surface area contributed by atoms with Crippen molar-refractivity contribution in [2.24, 2.45) is 7.05 Å². The van der Waals surface area contributed by atoms with Crippen molar-refractivity contribution in [1.29, 1.82) is 0 Å². The molecule has 1 atom stereocenters. The molecule has 2 aromatic heterocycles.